The number of aliphatic hydroxyl groups excluding tert-OH is 4. The third kappa shape index (κ3) is 7.60. The Morgan fingerprint density at radius 3 is 2.42 bits per heavy atom. The first-order valence-corrected chi connectivity index (χ1v) is 15.5. The molecule has 0 bridgehead atoms. The van der Waals surface area contributed by atoms with Crippen molar-refractivity contribution in [1.82, 2.24) is 19.5 Å². The van der Waals surface area contributed by atoms with Crippen LogP contribution in [0.3, 0.4) is 0 Å². The average Bonchev–Trinajstić information content (AvgIpc) is 3.61. The molecule has 21 nitrogen and oxygen atoms in total. The zero-order valence-corrected chi connectivity index (χ0v) is 25.0. The number of hydrogen-bond donors (Lipinski definition) is 7. The Kier molecular flexibility index (Phi) is 10.8. The maximum atomic E-state index is 12.4. The minimum absolute atomic E-state index is 0. The summed E-state index contributed by atoms with van der Waals surface area (Å²) < 4.78 is 51.5. The van der Waals surface area contributed by atoms with Crippen molar-refractivity contribution >= 4 is 57.4 Å². The Hall–Kier alpha value is -2.41. The van der Waals surface area contributed by atoms with Crippen molar-refractivity contribution in [2.45, 2.75) is 49.1 Å². The zero-order chi connectivity index (χ0) is 32.0. The maximum Gasteiger partial charge on any atom is 0.478 e. The average molecular weight is 670 g/mol. The van der Waals surface area contributed by atoms with E-state index in [0.717, 1.165) is 6.33 Å². The Balaban J connectivity index is 0.00000461. The number of amides is 1. The molecule has 9 N–H and O–H groups in total. The number of rotatable bonds is 11. The van der Waals surface area contributed by atoms with E-state index in [1.807, 2.05) is 0 Å². The van der Waals surface area contributed by atoms with E-state index in [2.05, 4.69) is 28.3 Å². The molecule has 5 heterocycles. The Bertz CT molecular complexity index is 1640. The van der Waals surface area contributed by atoms with Crippen LogP contribution in [0.25, 0.3) is 11.2 Å². The van der Waals surface area contributed by atoms with Crippen molar-refractivity contribution in [3.05, 3.63) is 42.7 Å². The van der Waals surface area contributed by atoms with Gasteiger partial charge in [-0.2, -0.15) is 4.57 Å². The van der Waals surface area contributed by atoms with Gasteiger partial charge in [-0.25, -0.2) is 23.8 Å². The van der Waals surface area contributed by atoms with Crippen LogP contribution in [0.2, 0.25) is 0 Å². The summed E-state index contributed by atoms with van der Waals surface area (Å²) >= 11 is 0. The van der Waals surface area contributed by atoms with E-state index in [4.69, 9.17) is 20.9 Å². The topological polar surface area (TPSA) is 321 Å². The molecule has 10 atom stereocenters. The second kappa shape index (κ2) is 13.7. The molecule has 2 unspecified atom stereocenters. The molecule has 24 heteroatoms. The number of ether oxygens (including phenoxy) is 2. The van der Waals surface area contributed by atoms with Gasteiger partial charge in [-0.3, -0.25) is 18.5 Å². The van der Waals surface area contributed by atoms with E-state index in [9.17, 15) is 44.1 Å². The van der Waals surface area contributed by atoms with Gasteiger partial charge in [-0.1, -0.05) is 0 Å². The van der Waals surface area contributed by atoms with Crippen molar-refractivity contribution in [2.75, 3.05) is 18.9 Å². The van der Waals surface area contributed by atoms with E-state index >= 15 is 0 Å². The van der Waals surface area contributed by atoms with Gasteiger partial charge < -0.3 is 55.7 Å². The maximum absolute atomic E-state index is 12.4. The summed E-state index contributed by atoms with van der Waals surface area (Å²) in [7, 11) is -11.0. The van der Waals surface area contributed by atoms with Gasteiger partial charge in [0.25, 0.3) is 20.0 Å². The fourth-order valence-electron chi connectivity index (χ4n) is 4.57. The number of anilines is 1. The third-order valence-electron chi connectivity index (χ3n) is 6.74. The smallest absolute Gasteiger partial charge is 0.478 e. The molecule has 1 radical (unpaired) electrons. The van der Waals surface area contributed by atoms with E-state index < -0.39 is 83.8 Å². The quantitative estimate of drug-likeness (QED) is 0.0580. The molecule has 45 heavy (non-hydrogen) atoms. The van der Waals surface area contributed by atoms with Gasteiger partial charge in [0.05, 0.1) is 19.5 Å². The molecule has 5 rings (SSSR count). The molecule has 2 fully saturated rings. The number of aromatic nitrogens is 5. The molecule has 3 aromatic heterocycles. The van der Waals surface area contributed by atoms with Crippen molar-refractivity contribution in [3.63, 3.8) is 0 Å². The molecule has 3 aromatic rings. The van der Waals surface area contributed by atoms with Gasteiger partial charge >= 0.3 is 7.82 Å². The fraction of sp³-hybridized carbons (Fsp3) is 0.476. The number of nitrogens with zero attached hydrogens (tertiary/aromatic N) is 5. The number of carbonyl (C=O) groups excluding carboxylic acids is 1. The first-order chi connectivity index (χ1) is 20.7. The van der Waals surface area contributed by atoms with E-state index in [1.165, 1.54) is 40.0 Å². The van der Waals surface area contributed by atoms with Gasteiger partial charge in [0.1, 0.15) is 47.9 Å². The van der Waals surface area contributed by atoms with Crippen LogP contribution < -0.4 is 20.9 Å². The molecular weight excluding hydrogens is 643 g/mol. The molecule has 0 saturated carbocycles. The number of imidazole rings is 1. The number of phosphoric acid groups is 2. The number of carbonyl (C=O) groups is 1. The normalized spacial score (nSPS) is 30.9. The van der Waals surface area contributed by atoms with Gasteiger partial charge in [0.2, 0.25) is 0 Å². The summed E-state index contributed by atoms with van der Waals surface area (Å²) in [6.07, 6.45) is -7.05. The van der Waals surface area contributed by atoms with Crippen LogP contribution in [0.15, 0.2) is 37.2 Å². The first kappa shape index (κ1) is 35.4. The Labute approximate surface area is 264 Å². The van der Waals surface area contributed by atoms with Crippen LogP contribution in [-0.4, -0.2) is 119 Å². The van der Waals surface area contributed by atoms with Gasteiger partial charge in [-0.05, 0) is 6.07 Å². The first-order valence-electron chi connectivity index (χ1n) is 12.6. The number of phosphoric ester groups is 2. The number of nitrogen functional groups attached to an aromatic ring is 1. The van der Waals surface area contributed by atoms with Crippen molar-refractivity contribution in [3.8, 4) is 0 Å². The molecular formula is C21H27LiN7O14P2. The van der Waals surface area contributed by atoms with Crippen LogP contribution in [0.4, 0.5) is 5.82 Å². The molecule has 2 saturated heterocycles. The minimum Gasteiger partial charge on any atom is -0.756 e. The molecule has 2 aliphatic heterocycles. The standard InChI is InChI=1S/C21H27N7O14P2.Li/c22-17-12-19(25-7-24-17)28(8-26-12)21-16(32)14(30)11(41-21)6-39-44(36,37)42-43(34,35)38-5-10-13(29)15(31)20(40-10)27-3-1-2-9(4-27)18(23)33;/h1-4,7-8,10-11,13-16,20-21,29-32H,5-6H2,(H5-,22,23,24,25,33,34,35,36,37);/t10-,11-,13-,14-,15-,16-,20-,21-;/m1./s1. The summed E-state index contributed by atoms with van der Waals surface area (Å²) in [5, 5.41) is 41.6. The van der Waals surface area contributed by atoms with Crippen molar-refractivity contribution < 1.29 is 71.5 Å². The fourth-order valence-corrected chi connectivity index (χ4v) is 6.62. The predicted octanol–water partition coefficient (Wildman–Crippen LogP) is -4.03. The summed E-state index contributed by atoms with van der Waals surface area (Å²) in [5.41, 5.74) is 11.4. The number of pyridine rings is 1. The minimum atomic E-state index is -5.62. The monoisotopic (exact) mass is 670 g/mol. The van der Waals surface area contributed by atoms with Crippen LogP contribution in [0.1, 0.15) is 22.8 Å². The van der Waals surface area contributed by atoms with Crippen LogP contribution in [0, 0.1) is 0 Å². The second-order valence-corrected chi connectivity index (χ2v) is 12.7. The Morgan fingerprint density at radius 2 is 1.71 bits per heavy atom. The van der Waals surface area contributed by atoms with Crippen LogP contribution in [0.5, 0.6) is 0 Å². The summed E-state index contributed by atoms with van der Waals surface area (Å²) in [6.45, 7) is -1.89. The van der Waals surface area contributed by atoms with Crippen LogP contribution >= 0.6 is 15.6 Å². The van der Waals surface area contributed by atoms with E-state index in [-0.39, 0.29) is 41.4 Å². The molecule has 0 aromatic carbocycles. The molecule has 241 valence electrons. The predicted molar refractivity (Wildman–Crippen MR) is 143 cm³/mol. The summed E-state index contributed by atoms with van der Waals surface area (Å²) in [6, 6.07) is 2.82. The van der Waals surface area contributed by atoms with Crippen molar-refractivity contribution in [1.29, 1.82) is 0 Å². The van der Waals surface area contributed by atoms with Crippen molar-refractivity contribution in [2.24, 2.45) is 5.73 Å². The number of primary amides is 1. The van der Waals surface area contributed by atoms with Gasteiger partial charge in [0.15, 0.2) is 36.2 Å². The summed E-state index contributed by atoms with van der Waals surface area (Å²) in [4.78, 5) is 45.5. The van der Waals surface area contributed by atoms with Gasteiger partial charge in [-0.15, -0.1) is 0 Å². The van der Waals surface area contributed by atoms with Crippen LogP contribution in [-0.2, 0) is 32.0 Å². The number of hydrogen-bond acceptors (Lipinski definition) is 17. The largest absolute Gasteiger partial charge is 0.756 e. The number of fused-ring (bicyclic) bond motifs is 1. The third-order valence-corrected chi connectivity index (χ3v) is 9.30. The molecule has 0 aliphatic carbocycles. The molecule has 1 amide bonds. The van der Waals surface area contributed by atoms with Gasteiger partial charge in [0, 0.05) is 24.9 Å². The number of aliphatic hydroxyl groups is 4. The summed E-state index contributed by atoms with van der Waals surface area (Å²) in [5.74, 6) is -0.729. The second-order valence-electron chi connectivity index (χ2n) is 9.67. The zero-order valence-electron chi connectivity index (χ0n) is 23.2. The molecule has 0 spiro atoms. The Morgan fingerprint density at radius 1 is 1.04 bits per heavy atom. The SMILES string of the molecule is NC(=O)c1ccc[n+]([C@@H]2O[C@H](COP(=O)([O-])OP(=O)(O)OC[C@H]3O[C@@H](n4cnc5c(N)ncnc54)[C@H](O)[C@@H]3O)[C@@H](O)[C@H]2O)c1.[Li]. The number of nitrogens with two attached hydrogens (primary N) is 2. The van der Waals surface area contributed by atoms with E-state index in [0.29, 0.717) is 0 Å². The van der Waals surface area contributed by atoms with E-state index in [1.54, 1.807) is 0 Å². The molecule has 2 aliphatic rings.